The Morgan fingerprint density at radius 1 is 1.32 bits per heavy atom. The predicted molar refractivity (Wildman–Crippen MR) is 107 cm³/mol. The number of aromatic nitrogens is 5. The molecule has 31 heavy (non-hydrogen) atoms. The van der Waals surface area contributed by atoms with Crippen LogP contribution in [0.25, 0.3) is 27.2 Å². The summed E-state index contributed by atoms with van der Waals surface area (Å²) in [6.07, 6.45) is -1.15. The number of aryl methyl sites for hydroxylation is 1. The highest BCUT2D eigenvalue weighted by Gasteiger charge is 2.30. The highest BCUT2D eigenvalue weighted by Crippen LogP contribution is 2.36. The van der Waals surface area contributed by atoms with Crippen LogP contribution >= 0.6 is 11.3 Å². The molecule has 0 saturated carbocycles. The number of pyridine rings is 1. The Morgan fingerprint density at radius 2 is 2.06 bits per heavy atom. The fourth-order valence-corrected chi connectivity index (χ4v) is 4.29. The third kappa shape index (κ3) is 3.74. The Morgan fingerprint density at radius 3 is 2.68 bits per heavy atom. The summed E-state index contributed by atoms with van der Waals surface area (Å²) >= 11 is 0.968. The van der Waals surface area contributed by atoms with Gasteiger partial charge in [0.2, 0.25) is 5.88 Å². The number of aromatic carboxylic acids is 1. The maximum Gasteiger partial charge on any atom is 0.408 e. The largest absolute Gasteiger partial charge is 0.480 e. The zero-order chi connectivity index (χ0) is 22.5. The van der Waals surface area contributed by atoms with E-state index < -0.39 is 18.7 Å². The highest BCUT2D eigenvalue weighted by molar-refractivity contribution is 7.17. The summed E-state index contributed by atoms with van der Waals surface area (Å²) in [6.45, 7) is 2.05. The first-order valence-corrected chi connectivity index (χ1v) is 9.77. The van der Waals surface area contributed by atoms with Gasteiger partial charge in [0.15, 0.2) is 4.88 Å². The Balaban J connectivity index is 1.83. The summed E-state index contributed by atoms with van der Waals surface area (Å²) in [5.41, 5.74) is 3.27. The van der Waals surface area contributed by atoms with Crippen molar-refractivity contribution in [3.63, 3.8) is 0 Å². The monoisotopic (exact) mass is 451 g/mol. The summed E-state index contributed by atoms with van der Waals surface area (Å²) in [7, 11) is 1.34. The fraction of sp³-hybridized carbons (Fsp3) is 0.263. The third-order valence-electron chi connectivity index (χ3n) is 4.73. The molecule has 0 aliphatic carbocycles. The van der Waals surface area contributed by atoms with Crippen LogP contribution in [0.15, 0.2) is 24.5 Å². The van der Waals surface area contributed by atoms with Gasteiger partial charge in [-0.3, -0.25) is 4.68 Å². The average molecular weight is 451 g/mol. The molecular weight excluding hydrogens is 435 g/mol. The summed E-state index contributed by atoms with van der Waals surface area (Å²) in [6, 6.07) is 3.48. The quantitative estimate of drug-likeness (QED) is 0.489. The first kappa shape index (κ1) is 20.8. The van der Waals surface area contributed by atoms with E-state index in [0.717, 1.165) is 16.0 Å². The highest BCUT2D eigenvalue weighted by atomic mass is 32.1. The molecule has 8 nitrogen and oxygen atoms in total. The smallest absolute Gasteiger partial charge is 0.408 e. The van der Waals surface area contributed by atoms with Crippen LogP contribution in [0, 0.1) is 13.8 Å². The molecule has 4 aromatic rings. The van der Waals surface area contributed by atoms with Crippen molar-refractivity contribution in [1.82, 2.24) is 24.4 Å². The summed E-state index contributed by atoms with van der Waals surface area (Å²) in [4.78, 5) is 15.6. The lowest BCUT2D eigenvalue weighted by molar-refractivity contribution is -0.142. The number of carboxylic acid groups (broad SMARTS) is 1. The Bertz CT molecular complexity index is 1310. The number of alkyl halides is 3. The molecule has 0 fully saturated rings. The van der Waals surface area contributed by atoms with Crippen molar-refractivity contribution in [2.45, 2.75) is 26.6 Å². The zero-order valence-corrected chi connectivity index (χ0v) is 17.4. The Kier molecular flexibility index (Phi) is 4.96. The van der Waals surface area contributed by atoms with Crippen LogP contribution in [0.5, 0.6) is 5.88 Å². The molecule has 12 heteroatoms. The lowest BCUT2D eigenvalue weighted by atomic mass is 10.0. The Labute approximate surface area is 177 Å². The van der Waals surface area contributed by atoms with E-state index in [1.807, 2.05) is 0 Å². The van der Waals surface area contributed by atoms with Crippen molar-refractivity contribution in [2.75, 3.05) is 7.11 Å². The number of ether oxygens (including phenoxy) is 1. The van der Waals surface area contributed by atoms with Crippen molar-refractivity contribution in [1.29, 1.82) is 0 Å². The average Bonchev–Trinajstić information content (AvgIpc) is 3.36. The predicted octanol–water partition coefficient (Wildman–Crippen LogP) is 4.21. The minimum atomic E-state index is -4.39. The second kappa shape index (κ2) is 7.38. The molecule has 1 N–H and O–H groups in total. The van der Waals surface area contributed by atoms with Gasteiger partial charge in [-0.05, 0) is 26.0 Å². The van der Waals surface area contributed by atoms with Gasteiger partial charge in [0.1, 0.15) is 11.6 Å². The number of methoxy groups -OCH3 is 1. The molecule has 0 unspecified atom stereocenters. The van der Waals surface area contributed by atoms with E-state index in [1.54, 1.807) is 42.9 Å². The number of carbonyl (C=O) groups is 1. The minimum absolute atomic E-state index is 0.0150. The van der Waals surface area contributed by atoms with Crippen LogP contribution < -0.4 is 4.74 Å². The number of hydrogen-bond acceptors (Lipinski definition) is 6. The molecule has 0 atom stereocenters. The van der Waals surface area contributed by atoms with Gasteiger partial charge >= 0.3 is 12.1 Å². The summed E-state index contributed by atoms with van der Waals surface area (Å²) < 4.78 is 46.2. The van der Waals surface area contributed by atoms with Crippen LogP contribution in [-0.2, 0) is 6.54 Å². The van der Waals surface area contributed by atoms with Crippen molar-refractivity contribution < 1.29 is 27.8 Å². The number of rotatable bonds is 5. The van der Waals surface area contributed by atoms with E-state index >= 15 is 0 Å². The standard InChI is InChI=1S/C19H16F3N5O3S/c1-9-14(10(2)27(25-9)8-19(20,21)22)12-7-23-26-5-4-11(6-13(12)26)17-24-16(30-3)15(31-17)18(28)29/h4-7H,8H2,1-3H3,(H,28,29). The number of halogens is 3. The van der Waals surface area contributed by atoms with Gasteiger partial charge in [0.05, 0.1) is 24.5 Å². The second-order valence-corrected chi connectivity index (χ2v) is 7.78. The van der Waals surface area contributed by atoms with Crippen molar-refractivity contribution >= 4 is 22.8 Å². The lowest BCUT2D eigenvalue weighted by Gasteiger charge is -2.08. The van der Waals surface area contributed by atoms with Gasteiger partial charge in [-0.1, -0.05) is 0 Å². The topological polar surface area (TPSA) is 94.5 Å². The van der Waals surface area contributed by atoms with Crippen LogP contribution in [0.2, 0.25) is 0 Å². The number of hydrogen-bond donors (Lipinski definition) is 1. The Hall–Kier alpha value is -3.41. The van der Waals surface area contributed by atoms with Gasteiger partial charge in [0, 0.05) is 28.6 Å². The molecule has 0 amide bonds. The second-order valence-electron chi connectivity index (χ2n) is 6.78. The van der Waals surface area contributed by atoms with Gasteiger partial charge in [-0.2, -0.15) is 23.4 Å². The molecule has 0 aliphatic rings. The van der Waals surface area contributed by atoms with E-state index in [-0.39, 0.29) is 10.8 Å². The van der Waals surface area contributed by atoms with E-state index in [2.05, 4.69) is 15.2 Å². The van der Waals surface area contributed by atoms with Crippen LogP contribution in [0.4, 0.5) is 13.2 Å². The minimum Gasteiger partial charge on any atom is -0.480 e. The SMILES string of the molecule is COc1nc(-c2ccn3ncc(-c4c(C)nn(CC(F)(F)F)c4C)c3c2)sc1C(=O)O. The van der Waals surface area contributed by atoms with Crippen LogP contribution in [0.3, 0.4) is 0 Å². The number of nitrogens with zero attached hydrogens (tertiary/aromatic N) is 5. The summed E-state index contributed by atoms with van der Waals surface area (Å²) in [5, 5.41) is 18.1. The van der Waals surface area contributed by atoms with Gasteiger partial charge < -0.3 is 9.84 Å². The van der Waals surface area contributed by atoms with Crippen molar-refractivity contribution in [2.24, 2.45) is 0 Å². The molecule has 0 radical (unpaired) electrons. The first-order chi connectivity index (χ1) is 14.6. The van der Waals surface area contributed by atoms with Crippen LogP contribution in [-0.4, -0.2) is 48.7 Å². The molecule has 162 valence electrons. The molecule has 0 spiro atoms. The van der Waals surface area contributed by atoms with Crippen molar-refractivity contribution in [3.8, 4) is 27.6 Å². The molecule has 4 heterocycles. The van der Waals surface area contributed by atoms with Gasteiger partial charge in [0.25, 0.3) is 0 Å². The molecule has 4 rings (SSSR count). The third-order valence-corrected chi connectivity index (χ3v) is 5.81. The van der Waals surface area contributed by atoms with E-state index in [1.165, 1.54) is 7.11 Å². The van der Waals surface area contributed by atoms with E-state index in [0.29, 0.717) is 38.6 Å². The molecule has 0 aromatic carbocycles. The lowest BCUT2D eigenvalue weighted by Crippen LogP contribution is -2.19. The molecule has 0 saturated heterocycles. The molecule has 4 aromatic heterocycles. The summed E-state index contributed by atoms with van der Waals surface area (Å²) in [5.74, 6) is -1.13. The number of carboxylic acids is 1. The van der Waals surface area contributed by atoms with E-state index in [4.69, 9.17) is 4.74 Å². The van der Waals surface area contributed by atoms with Gasteiger partial charge in [-0.15, -0.1) is 11.3 Å². The fourth-order valence-electron chi connectivity index (χ4n) is 3.42. The van der Waals surface area contributed by atoms with Crippen molar-refractivity contribution in [3.05, 3.63) is 40.8 Å². The molecule has 0 bridgehead atoms. The van der Waals surface area contributed by atoms with E-state index in [9.17, 15) is 23.1 Å². The van der Waals surface area contributed by atoms with Crippen LogP contribution in [0.1, 0.15) is 21.1 Å². The maximum absolute atomic E-state index is 12.9. The zero-order valence-electron chi connectivity index (χ0n) is 16.6. The normalized spacial score (nSPS) is 11.9. The number of fused-ring (bicyclic) bond motifs is 1. The van der Waals surface area contributed by atoms with Gasteiger partial charge in [-0.25, -0.2) is 14.3 Å². The molecule has 0 aliphatic heterocycles. The maximum atomic E-state index is 12.9. The first-order valence-electron chi connectivity index (χ1n) is 8.96. The molecular formula is C19H16F3N5O3S. The number of thiazole rings is 1.